The third-order valence-electron chi connectivity index (χ3n) is 8.16. The van der Waals surface area contributed by atoms with Gasteiger partial charge in [-0.25, -0.2) is 0 Å². The first kappa shape index (κ1) is 35.0. The molecule has 0 aliphatic carbocycles. The maximum Gasteiger partial charge on any atom is 0.187 e. The van der Waals surface area contributed by atoms with Gasteiger partial charge in [0.15, 0.2) is 18.9 Å². The molecule has 15 atom stereocenters. The van der Waals surface area contributed by atoms with Gasteiger partial charge in [0.1, 0.15) is 48.8 Å². The zero-order valence-electron chi connectivity index (χ0n) is 24.9. The summed E-state index contributed by atoms with van der Waals surface area (Å²) in [6, 6.07) is 0. The zero-order chi connectivity index (χ0) is 30.3. The Morgan fingerprint density at radius 1 is 0.585 bits per heavy atom. The highest BCUT2D eigenvalue weighted by atomic mass is 16.8. The van der Waals surface area contributed by atoms with E-state index in [1.165, 1.54) is 0 Å². The van der Waals surface area contributed by atoms with Crippen molar-refractivity contribution in [3.05, 3.63) is 0 Å². The van der Waals surface area contributed by atoms with Crippen LogP contribution in [-0.2, 0) is 33.2 Å². The Bertz CT molecular complexity index is 744. The maximum atomic E-state index is 11.5. The third kappa shape index (κ3) is 8.35. The molecule has 242 valence electrons. The minimum atomic E-state index is -1.36. The molecule has 0 bridgehead atoms. The number of rotatable bonds is 14. The Morgan fingerprint density at radius 2 is 1.20 bits per heavy atom. The smallest absolute Gasteiger partial charge is 0.187 e. The van der Waals surface area contributed by atoms with Gasteiger partial charge in [-0.05, 0) is 26.2 Å². The Labute approximate surface area is 242 Å². The van der Waals surface area contributed by atoms with Crippen LogP contribution in [0.25, 0.3) is 0 Å². The molecule has 3 heterocycles. The molecule has 8 unspecified atom stereocenters. The molecule has 41 heavy (non-hydrogen) atoms. The lowest BCUT2D eigenvalue weighted by Gasteiger charge is -2.49. The second kappa shape index (κ2) is 16.5. The lowest BCUT2D eigenvalue weighted by molar-refractivity contribution is -0.382. The fourth-order valence-corrected chi connectivity index (χ4v) is 5.36. The molecule has 0 spiro atoms. The van der Waals surface area contributed by atoms with Crippen LogP contribution in [0.4, 0.5) is 0 Å². The van der Waals surface area contributed by atoms with Crippen molar-refractivity contribution in [3.63, 3.8) is 0 Å². The number of ether oxygens (including phenoxy) is 7. The van der Waals surface area contributed by atoms with Gasteiger partial charge >= 0.3 is 0 Å². The summed E-state index contributed by atoms with van der Waals surface area (Å²) >= 11 is 0. The normalized spacial score (nSPS) is 45.6. The summed E-state index contributed by atoms with van der Waals surface area (Å²) in [5, 5.41) is 63.4. The summed E-state index contributed by atoms with van der Waals surface area (Å²) in [6.07, 6.45) is -11.8. The molecule has 3 fully saturated rings. The van der Waals surface area contributed by atoms with Crippen LogP contribution >= 0.6 is 0 Å². The summed E-state index contributed by atoms with van der Waals surface area (Å²) in [5.41, 5.74) is 0. The predicted octanol–water partition coefficient (Wildman–Crippen LogP) is -0.204. The Kier molecular flexibility index (Phi) is 14.1. The molecular formula is C28H52O13. The van der Waals surface area contributed by atoms with Crippen LogP contribution in [0.2, 0.25) is 0 Å². The number of aliphatic hydroxyl groups excluding tert-OH is 6. The van der Waals surface area contributed by atoms with Gasteiger partial charge in [0, 0.05) is 19.1 Å². The second-order valence-corrected chi connectivity index (χ2v) is 11.3. The molecule has 0 aromatic heterocycles. The van der Waals surface area contributed by atoms with E-state index in [1.807, 2.05) is 20.8 Å². The van der Waals surface area contributed by atoms with E-state index in [0.717, 1.165) is 25.7 Å². The molecule has 6 N–H and O–H groups in total. The molecule has 0 radical (unpaired) electrons. The highest BCUT2D eigenvalue weighted by Gasteiger charge is 2.53. The van der Waals surface area contributed by atoms with Gasteiger partial charge < -0.3 is 63.8 Å². The summed E-state index contributed by atoms with van der Waals surface area (Å²) in [5.74, 6) is -0.699. The van der Waals surface area contributed by atoms with E-state index >= 15 is 0 Å². The maximum absolute atomic E-state index is 11.5. The number of hydrogen-bond acceptors (Lipinski definition) is 13. The highest BCUT2D eigenvalue weighted by Crippen LogP contribution is 2.36. The fourth-order valence-electron chi connectivity index (χ4n) is 5.36. The number of unbranched alkanes of at least 4 members (excludes halogenated alkanes) is 2. The lowest BCUT2D eigenvalue weighted by atomic mass is 9.91. The van der Waals surface area contributed by atoms with Crippen molar-refractivity contribution < 1.29 is 63.8 Å². The van der Waals surface area contributed by atoms with Gasteiger partial charge in [0.2, 0.25) is 0 Å². The summed E-state index contributed by atoms with van der Waals surface area (Å²) in [6.45, 7) is 9.24. The second-order valence-electron chi connectivity index (χ2n) is 11.3. The van der Waals surface area contributed by atoms with Crippen LogP contribution in [-0.4, -0.2) is 136 Å². The Morgan fingerprint density at radius 3 is 1.80 bits per heavy atom. The molecule has 13 heteroatoms. The molecule has 3 aliphatic rings. The predicted molar refractivity (Wildman–Crippen MR) is 143 cm³/mol. The first-order valence-electron chi connectivity index (χ1n) is 15.1. The van der Waals surface area contributed by atoms with Crippen LogP contribution in [0.1, 0.15) is 66.7 Å². The SMILES string of the molecule is CCCCO[C@@H]1OC(CC)[C@@H](O[C@@H]2OC(CO)[C@H](O)C(O)C2C)C(O[C@@H]2OC(C)[C@@H](O)C(O)[C@@H]2OCCCC)C1O. The first-order chi connectivity index (χ1) is 19.6. The molecule has 0 aromatic carbocycles. The molecule has 0 saturated carbocycles. The van der Waals surface area contributed by atoms with Gasteiger partial charge in [0.25, 0.3) is 0 Å². The van der Waals surface area contributed by atoms with Gasteiger partial charge in [-0.1, -0.05) is 40.5 Å². The van der Waals surface area contributed by atoms with Crippen molar-refractivity contribution in [3.8, 4) is 0 Å². The molecule has 3 rings (SSSR count). The van der Waals surface area contributed by atoms with E-state index in [0.29, 0.717) is 19.6 Å². The van der Waals surface area contributed by atoms with Crippen molar-refractivity contribution in [2.45, 2.75) is 153 Å². The minimum absolute atomic E-state index is 0.301. The van der Waals surface area contributed by atoms with E-state index in [4.69, 9.17) is 33.2 Å². The highest BCUT2D eigenvalue weighted by molar-refractivity contribution is 4.96. The molecule has 0 aromatic rings. The van der Waals surface area contributed by atoms with Crippen molar-refractivity contribution in [2.24, 2.45) is 5.92 Å². The number of hydrogen-bond donors (Lipinski definition) is 6. The van der Waals surface area contributed by atoms with Crippen LogP contribution in [0.3, 0.4) is 0 Å². The molecule has 0 amide bonds. The Balaban J connectivity index is 1.90. The standard InChI is InChI=1S/C28H52O13/c1-6-9-11-35-25-21(33)19(31)15(5)37-28(25)41-24-22(34)27(36-12-10-7-2)38-16(8-3)23(24)40-26-14(4)18(30)20(32)17(13-29)39-26/h14-34H,6-13H2,1-5H3/t14?,15?,16?,17?,18?,19-,20+,21?,22?,23-,24?,25+,26+,27-,28+/m1/s1. The Hall–Kier alpha value is -0.520. The first-order valence-corrected chi connectivity index (χ1v) is 15.1. The summed E-state index contributed by atoms with van der Waals surface area (Å²) < 4.78 is 42.3. The van der Waals surface area contributed by atoms with E-state index in [2.05, 4.69) is 0 Å². The number of aliphatic hydroxyl groups is 6. The van der Waals surface area contributed by atoms with Crippen molar-refractivity contribution in [1.29, 1.82) is 0 Å². The molecule has 13 nitrogen and oxygen atoms in total. The minimum Gasteiger partial charge on any atom is -0.394 e. The van der Waals surface area contributed by atoms with Crippen molar-refractivity contribution in [1.82, 2.24) is 0 Å². The van der Waals surface area contributed by atoms with E-state index in [1.54, 1.807) is 13.8 Å². The van der Waals surface area contributed by atoms with Crippen molar-refractivity contribution in [2.75, 3.05) is 19.8 Å². The fraction of sp³-hybridized carbons (Fsp3) is 1.00. The van der Waals surface area contributed by atoms with Gasteiger partial charge in [-0.3, -0.25) is 0 Å². The van der Waals surface area contributed by atoms with Crippen LogP contribution < -0.4 is 0 Å². The van der Waals surface area contributed by atoms with Crippen LogP contribution in [0.15, 0.2) is 0 Å². The van der Waals surface area contributed by atoms with Crippen LogP contribution in [0.5, 0.6) is 0 Å². The summed E-state index contributed by atoms with van der Waals surface area (Å²) in [4.78, 5) is 0. The third-order valence-corrected chi connectivity index (χ3v) is 8.16. The molecule has 3 aliphatic heterocycles. The van der Waals surface area contributed by atoms with Crippen molar-refractivity contribution >= 4 is 0 Å². The quantitative estimate of drug-likeness (QED) is 0.145. The van der Waals surface area contributed by atoms with Gasteiger partial charge in [-0.2, -0.15) is 0 Å². The monoisotopic (exact) mass is 596 g/mol. The largest absolute Gasteiger partial charge is 0.394 e. The van der Waals surface area contributed by atoms with Crippen LogP contribution in [0, 0.1) is 5.92 Å². The van der Waals surface area contributed by atoms with E-state index in [-0.39, 0.29) is 0 Å². The van der Waals surface area contributed by atoms with E-state index < -0.39 is 98.5 Å². The molecule has 3 saturated heterocycles. The average molecular weight is 597 g/mol. The van der Waals surface area contributed by atoms with Gasteiger partial charge in [0.05, 0.1) is 24.9 Å². The molecular weight excluding hydrogens is 544 g/mol. The zero-order valence-corrected chi connectivity index (χ0v) is 24.9. The lowest BCUT2D eigenvalue weighted by Crippen LogP contribution is -2.66. The summed E-state index contributed by atoms with van der Waals surface area (Å²) in [7, 11) is 0. The van der Waals surface area contributed by atoms with E-state index in [9.17, 15) is 30.6 Å². The average Bonchev–Trinajstić information content (AvgIpc) is 2.96. The topological polar surface area (TPSA) is 186 Å². The van der Waals surface area contributed by atoms with Gasteiger partial charge in [-0.15, -0.1) is 0 Å².